The van der Waals surface area contributed by atoms with E-state index in [4.69, 9.17) is 11.6 Å². The quantitative estimate of drug-likeness (QED) is 0.594. The molecule has 5 heteroatoms. The summed E-state index contributed by atoms with van der Waals surface area (Å²) in [5.41, 5.74) is 0.556. The molecule has 0 saturated heterocycles. The van der Waals surface area contributed by atoms with Crippen molar-refractivity contribution in [2.24, 2.45) is 4.40 Å². The molecule has 0 bridgehead atoms. The first-order chi connectivity index (χ1) is 7.30. The Labute approximate surface area is 103 Å². The summed E-state index contributed by atoms with van der Waals surface area (Å²) in [7, 11) is 0. The van der Waals surface area contributed by atoms with Gasteiger partial charge in [-0.25, -0.2) is 4.39 Å². The van der Waals surface area contributed by atoms with Crippen LogP contribution in [0.3, 0.4) is 0 Å². The van der Waals surface area contributed by atoms with E-state index in [-0.39, 0.29) is 5.02 Å². The second-order valence-electron chi connectivity index (χ2n) is 4.26. The lowest BCUT2D eigenvalue weighted by atomic mass is 10.2. The molecule has 0 heterocycles. The Morgan fingerprint density at radius 1 is 1.44 bits per heavy atom. The molecule has 0 aliphatic carbocycles. The van der Waals surface area contributed by atoms with Gasteiger partial charge < -0.3 is 4.55 Å². The summed E-state index contributed by atoms with van der Waals surface area (Å²) in [5, 5.41) is 0.259. The fourth-order valence-electron chi connectivity index (χ4n) is 0.869. The molecule has 88 valence electrons. The monoisotopic (exact) mass is 261 g/mol. The zero-order chi connectivity index (χ0) is 12.3. The Bertz CT molecular complexity index is 403. The summed E-state index contributed by atoms with van der Waals surface area (Å²) in [6.07, 6.45) is 1.41. The van der Waals surface area contributed by atoms with E-state index >= 15 is 0 Å². The topological polar surface area (TPSA) is 35.4 Å². The van der Waals surface area contributed by atoms with Gasteiger partial charge >= 0.3 is 0 Å². The average molecular weight is 262 g/mol. The van der Waals surface area contributed by atoms with Crippen molar-refractivity contribution in [1.82, 2.24) is 0 Å². The van der Waals surface area contributed by atoms with Crippen LogP contribution in [0.4, 0.5) is 4.39 Å². The van der Waals surface area contributed by atoms with E-state index in [1.807, 2.05) is 20.8 Å². The van der Waals surface area contributed by atoms with Gasteiger partial charge in [-0.1, -0.05) is 16.0 Å². The summed E-state index contributed by atoms with van der Waals surface area (Å²) in [6.45, 7) is 5.48. The van der Waals surface area contributed by atoms with Crippen molar-refractivity contribution in [3.05, 3.63) is 34.6 Å². The summed E-state index contributed by atoms with van der Waals surface area (Å²) in [6, 6.07) is 3.98. The van der Waals surface area contributed by atoms with Gasteiger partial charge in [-0.15, -0.1) is 0 Å². The van der Waals surface area contributed by atoms with Gasteiger partial charge in [0.2, 0.25) is 0 Å². The minimum atomic E-state index is -1.33. The van der Waals surface area contributed by atoms with Gasteiger partial charge in [0.1, 0.15) is 21.9 Å². The summed E-state index contributed by atoms with van der Waals surface area (Å²) < 4.78 is 27.8. The van der Waals surface area contributed by atoms with Crippen molar-refractivity contribution in [3.8, 4) is 0 Å². The Morgan fingerprint density at radius 3 is 2.56 bits per heavy atom. The molecule has 0 saturated carbocycles. The molecular formula is C11H13ClFNOS. The second-order valence-corrected chi connectivity index (χ2v) is 6.60. The van der Waals surface area contributed by atoms with Gasteiger partial charge in [0, 0.05) is 5.56 Å². The molecule has 1 aromatic rings. The van der Waals surface area contributed by atoms with Crippen LogP contribution in [0.15, 0.2) is 22.6 Å². The van der Waals surface area contributed by atoms with Gasteiger partial charge in [-0.3, -0.25) is 0 Å². The molecule has 1 rings (SSSR count). The fraction of sp³-hybridized carbons (Fsp3) is 0.364. The maximum atomic E-state index is 12.7. The highest BCUT2D eigenvalue weighted by Crippen LogP contribution is 2.19. The molecule has 1 atom stereocenters. The minimum Gasteiger partial charge on any atom is -0.591 e. The predicted octanol–water partition coefficient (Wildman–Crippen LogP) is 3.36. The first-order valence-corrected chi connectivity index (χ1v) is 6.20. The molecule has 0 spiro atoms. The number of hydrogen-bond donors (Lipinski definition) is 0. The van der Waals surface area contributed by atoms with Crippen LogP contribution in [0.5, 0.6) is 0 Å². The molecule has 2 nitrogen and oxygen atoms in total. The Morgan fingerprint density at radius 2 is 2.06 bits per heavy atom. The van der Waals surface area contributed by atoms with E-state index in [0.717, 1.165) is 0 Å². The Balaban J connectivity index is 2.85. The Kier molecular flexibility index (Phi) is 4.35. The van der Waals surface area contributed by atoms with Crippen LogP contribution in [0.2, 0.25) is 5.02 Å². The lowest BCUT2D eigenvalue weighted by Crippen LogP contribution is -2.25. The lowest BCUT2D eigenvalue weighted by Gasteiger charge is -2.17. The maximum Gasteiger partial charge on any atom is 0.144 e. The number of rotatable bonds is 2. The molecule has 1 aromatic carbocycles. The van der Waals surface area contributed by atoms with E-state index < -0.39 is 21.9 Å². The summed E-state index contributed by atoms with van der Waals surface area (Å²) >= 11 is 4.46. The SMILES string of the molecule is CC(C)(C)[S@@+]([O-])N=Cc1ccc(F)cc1Cl. The normalized spacial score (nSPS) is 14.4. The molecule has 0 unspecified atom stereocenters. The van der Waals surface area contributed by atoms with E-state index in [2.05, 4.69) is 4.40 Å². The van der Waals surface area contributed by atoms with Gasteiger partial charge in [-0.2, -0.15) is 0 Å². The van der Waals surface area contributed by atoms with Crippen LogP contribution in [0.1, 0.15) is 26.3 Å². The number of hydrogen-bond acceptors (Lipinski definition) is 2. The van der Waals surface area contributed by atoms with Crippen LogP contribution >= 0.6 is 11.6 Å². The third kappa shape index (κ3) is 3.77. The van der Waals surface area contributed by atoms with Crippen molar-refractivity contribution >= 4 is 29.2 Å². The zero-order valence-corrected chi connectivity index (χ0v) is 10.9. The van der Waals surface area contributed by atoms with Gasteiger partial charge in [-0.05, 0) is 39.0 Å². The smallest absolute Gasteiger partial charge is 0.144 e. The lowest BCUT2D eigenvalue weighted by molar-refractivity contribution is 0.562. The van der Waals surface area contributed by atoms with Gasteiger partial charge in [0.05, 0.1) is 11.2 Å². The van der Waals surface area contributed by atoms with Crippen molar-refractivity contribution < 1.29 is 8.94 Å². The first kappa shape index (κ1) is 13.5. The second kappa shape index (κ2) is 5.17. The standard InChI is InChI=1S/C11H13ClFNOS/c1-11(2,3)16(15)14-7-8-4-5-9(13)6-10(8)12/h4-7H,1-3H3/t16-/m1/s1. The molecule has 0 radical (unpaired) electrons. The molecule has 16 heavy (non-hydrogen) atoms. The number of halogens is 2. The van der Waals surface area contributed by atoms with Crippen molar-refractivity contribution in [2.45, 2.75) is 25.5 Å². The average Bonchev–Trinajstić information content (AvgIpc) is 2.14. The van der Waals surface area contributed by atoms with E-state index in [0.29, 0.717) is 5.56 Å². The highest BCUT2D eigenvalue weighted by atomic mass is 35.5. The molecular weight excluding hydrogens is 249 g/mol. The zero-order valence-electron chi connectivity index (χ0n) is 9.33. The first-order valence-electron chi connectivity index (χ1n) is 4.72. The molecule has 0 N–H and O–H groups in total. The summed E-state index contributed by atoms with van der Waals surface area (Å²) in [5.74, 6) is -0.404. The third-order valence-corrected chi connectivity index (χ3v) is 3.45. The van der Waals surface area contributed by atoms with Crippen LogP contribution in [0.25, 0.3) is 0 Å². The maximum absolute atomic E-state index is 12.7. The van der Waals surface area contributed by atoms with Crippen molar-refractivity contribution in [3.63, 3.8) is 0 Å². The number of benzene rings is 1. The van der Waals surface area contributed by atoms with Crippen LogP contribution in [-0.4, -0.2) is 15.5 Å². The van der Waals surface area contributed by atoms with E-state index in [1.165, 1.54) is 24.4 Å². The molecule has 0 aliphatic rings. The number of nitrogens with zero attached hydrogens (tertiary/aromatic N) is 1. The Hall–Kier alpha value is -0.580. The van der Waals surface area contributed by atoms with E-state index in [1.54, 1.807) is 0 Å². The third-order valence-electron chi connectivity index (χ3n) is 1.77. The van der Waals surface area contributed by atoms with E-state index in [9.17, 15) is 8.94 Å². The van der Waals surface area contributed by atoms with Crippen LogP contribution < -0.4 is 0 Å². The largest absolute Gasteiger partial charge is 0.591 e. The molecule has 0 fully saturated rings. The van der Waals surface area contributed by atoms with Gasteiger partial charge in [0.15, 0.2) is 0 Å². The van der Waals surface area contributed by atoms with Crippen molar-refractivity contribution in [1.29, 1.82) is 0 Å². The summed E-state index contributed by atoms with van der Waals surface area (Å²) in [4.78, 5) is 0. The fourth-order valence-corrected chi connectivity index (χ4v) is 1.61. The van der Waals surface area contributed by atoms with Crippen LogP contribution in [0, 0.1) is 5.82 Å². The molecule has 0 aliphatic heterocycles. The predicted molar refractivity (Wildman–Crippen MR) is 66.9 cm³/mol. The van der Waals surface area contributed by atoms with Gasteiger partial charge in [0.25, 0.3) is 0 Å². The van der Waals surface area contributed by atoms with Crippen LogP contribution in [-0.2, 0) is 11.4 Å². The molecule has 0 aromatic heterocycles. The highest BCUT2D eigenvalue weighted by Gasteiger charge is 2.25. The minimum absolute atomic E-state index is 0.259. The molecule has 0 amide bonds. The highest BCUT2D eigenvalue weighted by molar-refractivity contribution is 7.91. The van der Waals surface area contributed by atoms with Crippen molar-refractivity contribution in [2.75, 3.05) is 0 Å².